The van der Waals surface area contributed by atoms with Gasteiger partial charge < -0.3 is 18.9 Å². The van der Waals surface area contributed by atoms with Crippen LogP contribution in [0.15, 0.2) is 78.9 Å². The fourth-order valence-electron chi connectivity index (χ4n) is 2.74. The Bertz CT molecular complexity index is 860. The van der Waals surface area contributed by atoms with E-state index in [0.717, 1.165) is 17.6 Å². The van der Waals surface area contributed by atoms with Crippen molar-refractivity contribution >= 4 is 6.29 Å². The highest BCUT2D eigenvalue weighted by Gasteiger charge is 2.27. The first-order chi connectivity index (χ1) is 13.7. The van der Waals surface area contributed by atoms with Crippen LogP contribution in [0, 0.1) is 0 Å². The maximum absolute atomic E-state index is 11.9. The van der Waals surface area contributed by atoms with Crippen LogP contribution in [0.4, 0.5) is 0 Å². The van der Waals surface area contributed by atoms with Gasteiger partial charge in [0.25, 0.3) is 0 Å². The third kappa shape index (κ3) is 4.82. The minimum Gasteiger partial charge on any atom is -0.497 e. The lowest BCUT2D eigenvalue weighted by atomic mass is 10.0. The molecule has 0 aliphatic rings. The molecule has 0 aromatic heterocycles. The molecular weight excluding hydrogens is 356 g/mol. The van der Waals surface area contributed by atoms with Crippen LogP contribution in [0.5, 0.6) is 23.0 Å². The number of benzene rings is 3. The van der Waals surface area contributed by atoms with Crippen LogP contribution in [0.25, 0.3) is 0 Å². The number of carbonyl (C=O) groups excluding carboxylic acids is 1. The zero-order valence-corrected chi connectivity index (χ0v) is 15.8. The predicted molar refractivity (Wildman–Crippen MR) is 106 cm³/mol. The Hall–Kier alpha value is -3.47. The van der Waals surface area contributed by atoms with E-state index < -0.39 is 12.2 Å². The SMILES string of the molecule is COc1ccc(O[C@@H](C=O)[C@H](Oc2ccc(OC)cc2)c2ccccc2)cc1. The van der Waals surface area contributed by atoms with Crippen molar-refractivity contribution in [2.75, 3.05) is 14.2 Å². The highest BCUT2D eigenvalue weighted by atomic mass is 16.5. The molecule has 28 heavy (non-hydrogen) atoms. The van der Waals surface area contributed by atoms with E-state index in [1.165, 1.54) is 0 Å². The molecule has 0 heterocycles. The van der Waals surface area contributed by atoms with E-state index in [2.05, 4.69) is 0 Å². The number of ether oxygens (including phenoxy) is 4. The molecule has 0 bridgehead atoms. The molecule has 5 nitrogen and oxygen atoms in total. The highest BCUT2D eigenvalue weighted by molar-refractivity contribution is 5.59. The Balaban J connectivity index is 1.85. The molecule has 0 saturated heterocycles. The molecule has 3 rings (SSSR count). The molecule has 0 unspecified atom stereocenters. The molecule has 144 valence electrons. The van der Waals surface area contributed by atoms with Gasteiger partial charge in [0.2, 0.25) is 0 Å². The van der Waals surface area contributed by atoms with Crippen molar-refractivity contribution in [1.82, 2.24) is 0 Å². The summed E-state index contributed by atoms with van der Waals surface area (Å²) in [4.78, 5) is 11.9. The van der Waals surface area contributed by atoms with E-state index in [9.17, 15) is 4.79 Å². The summed E-state index contributed by atoms with van der Waals surface area (Å²) < 4.78 is 22.4. The Morgan fingerprint density at radius 1 is 0.643 bits per heavy atom. The van der Waals surface area contributed by atoms with Crippen LogP contribution in [-0.2, 0) is 4.79 Å². The summed E-state index contributed by atoms with van der Waals surface area (Å²) in [7, 11) is 3.20. The van der Waals surface area contributed by atoms with Gasteiger partial charge >= 0.3 is 0 Å². The van der Waals surface area contributed by atoms with Crippen LogP contribution < -0.4 is 18.9 Å². The third-order valence-corrected chi connectivity index (χ3v) is 4.21. The van der Waals surface area contributed by atoms with Gasteiger partial charge in [0.15, 0.2) is 18.5 Å². The quantitative estimate of drug-likeness (QED) is 0.514. The standard InChI is InChI=1S/C23H22O5/c1-25-18-8-12-20(13-9-18)27-22(16-24)23(17-6-4-3-5-7-17)28-21-14-10-19(26-2)11-15-21/h3-16,22-23H,1-2H3/t22-,23+/m0/s1. The van der Waals surface area contributed by atoms with Gasteiger partial charge in [-0.25, -0.2) is 0 Å². The van der Waals surface area contributed by atoms with Gasteiger partial charge in [0, 0.05) is 0 Å². The number of methoxy groups -OCH3 is 2. The maximum atomic E-state index is 11.9. The zero-order chi connectivity index (χ0) is 19.8. The van der Waals surface area contributed by atoms with Crippen molar-refractivity contribution in [3.8, 4) is 23.0 Å². The smallest absolute Gasteiger partial charge is 0.194 e. The summed E-state index contributed by atoms with van der Waals surface area (Å²) in [6.07, 6.45) is -0.696. The maximum Gasteiger partial charge on any atom is 0.194 e. The lowest BCUT2D eigenvalue weighted by Crippen LogP contribution is -2.31. The van der Waals surface area contributed by atoms with E-state index in [1.54, 1.807) is 62.8 Å². The first kappa shape index (κ1) is 19.3. The van der Waals surface area contributed by atoms with Crippen LogP contribution in [-0.4, -0.2) is 26.6 Å². The summed E-state index contributed by atoms with van der Waals surface area (Å²) in [5.41, 5.74) is 0.837. The fourth-order valence-corrected chi connectivity index (χ4v) is 2.74. The second-order valence-corrected chi connectivity index (χ2v) is 6.02. The number of hydrogen-bond donors (Lipinski definition) is 0. The zero-order valence-electron chi connectivity index (χ0n) is 15.8. The van der Waals surface area contributed by atoms with Crippen LogP contribution in [0.2, 0.25) is 0 Å². The Morgan fingerprint density at radius 3 is 1.57 bits per heavy atom. The molecule has 2 atom stereocenters. The van der Waals surface area contributed by atoms with E-state index in [0.29, 0.717) is 17.2 Å². The summed E-state index contributed by atoms with van der Waals surface area (Å²) >= 11 is 0. The van der Waals surface area contributed by atoms with Crippen LogP contribution in [0.3, 0.4) is 0 Å². The van der Waals surface area contributed by atoms with Gasteiger partial charge in [-0.3, -0.25) is 4.79 Å². The van der Waals surface area contributed by atoms with Crippen molar-refractivity contribution in [3.63, 3.8) is 0 Å². The fraction of sp³-hybridized carbons (Fsp3) is 0.174. The van der Waals surface area contributed by atoms with Crippen LogP contribution >= 0.6 is 0 Å². The van der Waals surface area contributed by atoms with Gasteiger partial charge in [-0.2, -0.15) is 0 Å². The third-order valence-electron chi connectivity index (χ3n) is 4.21. The number of hydrogen-bond acceptors (Lipinski definition) is 5. The highest BCUT2D eigenvalue weighted by Crippen LogP contribution is 2.29. The topological polar surface area (TPSA) is 54.0 Å². The molecule has 0 aliphatic carbocycles. The summed E-state index contributed by atoms with van der Waals surface area (Å²) in [6.45, 7) is 0. The van der Waals surface area contributed by atoms with Crippen molar-refractivity contribution in [2.24, 2.45) is 0 Å². The number of rotatable bonds is 9. The predicted octanol–water partition coefficient (Wildman–Crippen LogP) is 4.47. The summed E-state index contributed by atoms with van der Waals surface area (Å²) in [6, 6.07) is 23.8. The Kier molecular flexibility index (Phi) is 6.52. The summed E-state index contributed by atoms with van der Waals surface area (Å²) in [5.74, 6) is 2.60. The van der Waals surface area contributed by atoms with Crippen molar-refractivity contribution in [1.29, 1.82) is 0 Å². The molecule has 0 spiro atoms. The molecule has 0 saturated carbocycles. The first-order valence-corrected chi connectivity index (χ1v) is 8.85. The van der Waals surface area contributed by atoms with Crippen molar-refractivity contribution in [2.45, 2.75) is 12.2 Å². The minimum absolute atomic E-state index is 0.553. The number of carbonyl (C=O) groups is 1. The number of aldehydes is 1. The molecule has 0 amide bonds. The lowest BCUT2D eigenvalue weighted by Gasteiger charge is -2.25. The van der Waals surface area contributed by atoms with E-state index in [1.807, 2.05) is 30.3 Å². The van der Waals surface area contributed by atoms with Gasteiger partial charge in [-0.1, -0.05) is 30.3 Å². The lowest BCUT2D eigenvalue weighted by molar-refractivity contribution is -0.117. The van der Waals surface area contributed by atoms with Gasteiger partial charge in [-0.05, 0) is 54.1 Å². The second kappa shape index (κ2) is 9.46. The van der Waals surface area contributed by atoms with Gasteiger partial charge in [0.05, 0.1) is 14.2 Å². The molecule has 0 aliphatic heterocycles. The average molecular weight is 378 g/mol. The molecule has 3 aromatic rings. The van der Waals surface area contributed by atoms with Crippen LogP contribution in [0.1, 0.15) is 11.7 Å². The monoisotopic (exact) mass is 378 g/mol. The van der Waals surface area contributed by atoms with Crippen molar-refractivity contribution < 1.29 is 23.7 Å². The second-order valence-electron chi connectivity index (χ2n) is 6.02. The van der Waals surface area contributed by atoms with Crippen molar-refractivity contribution in [3.05, 3.63) is 84.4 Å². The molecule has 0 fully saturated rings. The first-order valence-electron chi connectivity index (χ1n) is 8.85. The molecular formula is C23H22O5. The average Bonchev–Trinajstić information content (AvgIpc) is 2.77. The normalized spacial score (nSPS) is 12.5. The van der Waals surface area contributed by atoms with E-state index in [-0.39, 0.29) is 0 Å². The minimum atomic E-state index is -0.835. The largest absolute Gasteiger partial charge is 0.497 e. The van der Waals surface area contributed by atoms with E-state index in [4.69, 9.17) is 18.9 Å². The molecule has 3 aromatic carbocycles. The summed E-state index contributed by atoms with van der Waals surface area (Å²) in [5, 5.41) is 0. The van der Waals surface area contributed by atoms with Gasteiger partial charge in [-0.15, -0.1) is 0 Å². The molecule has 5 heteroatoms. The molecule has 0 radical (unpaired) electrons. The van der Waals surface area contributed by atoms with Gasteiger partial charge in [0.1, 0.15) is 23.0 Å². The molecule has 0 N–H and O–H groups in total. The van der Waals surface area contributed by atoms with E-state index >= 15 is 0 Å². The Morgan fingerprint density at radius 2 is 1.11 bits per heavy atom. The Labute approximate surface area is 164 Å².